The topological polar surface area (TPSA) is 12.9 Å². The second kappa shape index (κ2) is 10.2. The van der Waals surface area contributed by atoms with Gasteiger partial charge >= 0.3 is 0 Å². The molecule has 4 aromatic rings. The van der Waals surface area contributed by atoms with Crippen molar-refractivity contribution in [3.8, 4) is 0 Å². The highest BCUT2D eigenvalue weighted by molar-refractivity contribution is 7.26. The van der Waals surface area contributed by atoms with E-state index in [0.717, 1.165) is 65.1 Å². The number of benzene rings is 2. The van der Waals surface area contributed by atoms with Gasteiger partial charge in [0.1, 0.15) is 0 Å². The van der Waals surface area contributed by atoms with Gasteiger partial charge in [-0.2, -0.15) is 0 Å². The summed E-state index contributed by atoms with van der Waals surface area (Å²) in [6, 6.07) is 23.2. The maximum atomic E-state index is 4.94. The van der Waals surface area contributed by atoms with Crippen molar-refractivity contribution in [1.82, 2.24) is 4.98 Å². The van der Waals surface area contributed by atoms with Gasteiger partial charge in [-0.15, -0.1) is 11.3 Å². The van der Waals surface area contributed by atoms with Gasteiger partial charge in [-0.3, -0.25) is 4.98 Å². The van der Waals surface area contributed by atoms with Crippen LogP contribution in [0.4, 0.5) is 0 Å². The smallest absolute Gasteiger partial charge is 0.0434 e. The molecule has 2 aromatic carbocycles. The van der Waals surface area contributed by atoms with Gasteiger partial charge in [0.15, 0.2) is 0 Å². The molecule has 6 aliphatic rings. The summed E-state index contributed by atoms with van der Waals surface area (Å²) in [5.41, 5.74) is 3.10. The Hall–Kier alpha value is -2.19. The van der Waals surface area contributed by atoms with Crippen LogP contribution in [0.3, 0.4) is 0 Å². The molecule has 2 aromatic heterocycles. The third-order valence-corrected chi connectivity index (χ3v) is 15.9. The van der Waals surface area contributed by atoms with Gasteiger partial charge < -0.3 is 0 Å². The van der Waals surface area contributed by atoms with Gasteiger partial charge in [-0.25, -0.2) is 0 Å². The van der Waals surface area contributed by atoms with E-state index in [0.29, 0.717) is 5.92 Å². The van der Waals surface area contributed by atoms with Gasteiger partial charge in [0.25, 0.3) is 0 Å². The molecule has 0 spiro atoms. The number of hydrogen-bond donors (Lipinski definition) is 0. The average Bonchev–Trinajstić information content (AvgIpc) is 3.47. The summed E-state index contributed by atoms with van der Waals surface area (Å²) in [4.78, 5) is 4.94. The van der Waals surface area contributed by atoms with E-state index in [1.54, 1.807) is 29.5 Å². The van der Waals surface area contributed by atoms with E-state index < -0.39 is 0 Å². The first-order valence-corrected chi connectivity index (χ1v) is 19.0. The van der Waals surface area contributed by atoms with Crippen molar-refractivity contribution in [2.24, 2.45) is 59.2 Å². The summed E-state index contributed by atoms with van der Waals surface area (Å²) in [6.07, 6.45) is 20.0. The fourth-order valence-electron chi connectivity index (χ4n) is 13.5. The molecule has 0 saturated heterocycles. The maximum Gasteiger partial charge on any atom is 0.0434 e. The Labute approximate surface area is 261 Å². The van der Waals surface area contributed by atoms with E-state index in [1.165, 1.54) is 79.0 Å². The zero-order valence-electron chi connectivity index (χ0n) is 25.6. The summed E-state index contributed by atoms with van der Waals surface area (Å²) in [5, 5.41) is 2.99. The van der Waals surface area contributed by atoms with Crippen LogP contribution in [0.25, 0.3) is 20.2 Å². The van der Waals surface area contributed by atoms with E-state index >= 15 is 0 Å². The number of hydrogen-bond acceptors (Lipinski definition) is 2. The standard InChI is InChI=1S/C41H47NS/c1-2-10-28-27(9-1)31-13-8-14-32-29-19-18-24(37-16-5-6-20-42-37)21-34(29)36-23-25(22-35(28)40(36)39(31)32)26-12-7-15-33-30-11-3-4-17-38(30)43-41(26)33/h3-7,11-12,15-17,20,24-25,27-29,31-32,34-36,39-40H,1-2,8-10,13-14,18-19,21-23H2. The molecule has 43 heavy (non-hydrogen) atoms. The second-order valence-corrected chi connectivity index (χ2v) is 17.0. The van der Waals surface area contributed by atoms with Gasteiger partial charge in [0, 0.05) is 38.0 Å². The molecule has 0 radical (unpaired) electrons. The number of nitrogens with zero attached hydrogens (tertiary/aromatic N) is 1. The van der Waals surface area contributed by atoms with Crippen LogP contribution >= 0.6 is 11.3 Å². The molecular formula is C41H47NS. The molecule has 12 atom stereocenters. The summed E-state index contributed by atoms with van der Waals surface area (Å²) >= 11 is 2.08. The Morgan fingerprint density at radius 3 is 2.02 bits per heavy atom. The van der Waals surface area contributed by atoms with Gasteiger partial charge in [0.2, 0.25) is 0 Å². The van der Waals surface area contributed by atoms with E-state index in [9.17, 15) is 0 Å². The number of rotatable bonds is 2. The molecule has 0 aliphatic heterocycles. The summed E-state index contributed by atoms with van der Waals surface area (Å²) < 4.78 is 3.08. The second-order valence-electron chi connectivity index (χ2n) is 15.9. The molecule has 2 heteroatoms. The number of pyridine rings is 1. The summed E-state index contributed by atoms with van der Waals surface area (Å²) in [6.45, 7) is 0. The van der Waals surface area contributed by atoms with Crippen molar-refractivity contribution >= 4 is 31.5 Å². The lowest BCUT2D eigenvalue weighted by atomic mass is 9.37. The first-order valence-electron chi connectivity index (χ1n) is 18.1. The third kappa shape index (κ3) is 3.90. The zero-order chi connectivity index (χ0) is 28.1. The fourth-order valence-corrected chi connectivity index (χ4v) is 14.8. The largest absolute Gasteiger partial charge is 0.261 e. The number of aromatic nitrogens is 1. The molecular weight excluding hydrogens is 539 g/mol. The first kappa shape index (κ1) is 26.1. The Bertz CT molecular complexity index is 1640. The minimum atomic E-state index is 0.675. The Balaban J connectivity index is 1.10. The summed E-state index contributed by atoms with van der Waals surface area (Å²) in [7, 11) is 0. The highest BCUT2D eigenvalue weighted by atomic mass is 32.1. The van der Waals surface area contributed by atoms with Gasteiger partial charge in [0.05, 0.1) is 0 Å². The minimum absolute atomic E-state index is 0.675. The Kier molecular flexibility index (Phi) is 6.16. The van der Waals surface area contributed by atoms with Crippen LogP contribution in [0.2, 0.25) is 0 Å². The molecule has 12 unspecified atom stereocenters. The van der Waals surface area contributed by atoms with Crippen molar-refractivity contribution in [2.75, 3.05) is 0 Å². The minimum Gasteiger partial charge on any atom is -0.261 e. The van der Waals surface area contributed by atoms with Crippen LogP contribution in [0, 0.1) is 59.2 Å². The molecule has 6 aliphatic carbocycles. The normalized spacial score (nSPS) is 41.8. The Morgan fingerprint density at radius 1 is 0.512 bits per heavy atom. The van der Waals surface area contributed by atoms with E-state index in [2.05, 4.69) is 72.0 Å². The van der Waals surface area contributed by atoms with Crippen molar-refractivity contribution in [1.29, 1.82) is 0 Å². The van der Waals surface area contributed by atoms with Crippen molar-refractivity contribution in [2.45, 2.75) is 88.9 Å². The van der Waals surface area contributed by atoms with Crippen molar-refractivity contribution < 1.29 is 0 Å². The van der Waals surface area contributed by atoms with E-state index in [-0.39, 0.29) is 0 Å². The van der Waals surface area contributed by atoms with Crippen LogP contribution in [0.15, 0.2) is 66.9 Å². The first-order chi connectivity index (χ1) is 21.3. The molecule has 6 saturated carbocycles. The lowest BCUT2D eigenvalue weighted by Gasteiger charge is -2.68. The van der Waals surface area contributed by atoms with Crippen LogP contribution in [-0.4, -0.2) is 4.98 Å². The monoisotopic (exact) mass is 585 g/mol. The lowest BCUT2D eigenvalue weighted by Crippen LogP contribution is -2.62. The van der Waals surface area contributed by atoms with Crippen LogP contribution < -0.4 is 0 Å². The fraction of sp³-hybridized carbons (Fsp3) is 0.585. The number of thiophene rings is 1. The molecule has 6 fully saturated rings. The molecule has 10 rings (SSSR count). The molecule has 0 N–H and O–H groups in total. The quantitative estimate of drug-likeness (QED) is 0.228. The maximum absolute atomic E-state index is 4.94. The lowest BCUT2D eigenvalue weighted by molar-refractivity contribution is -0.191. The van der Waals surface area contributed by atoms with Crippen LogP contribution in [0.5, 0.6) is 0 Å². The van der Waals surface area contributed by atoms with Crippen molar-refractivity contribution in [3.05, 3.63) is 78.1 Å². The van der Waals surface area contributed by atoms with Gasteiger partial charge in [-0.1, -0.05) is 61.7 Å². The SMILES string of the molecule is c1ccc(C2CCC3C(C2)C2CC(c4cccc5c4sc4ccccc45)CC4C5CCCCC5C5CCCC3C5C42)nc1. The highest BCUT2D eigenvalue weighted by Gasteiger charge is 2.63. The van der Waals surface area contributed by atoms with E-state index in [1.807, 2.05) is 6.20 Å². The zero-order valence-corrected chi connectivity index (χ0v) is 26.4. The molecule has 222 valence electrons. The molecule has 1 nitrogen and oxygen atoms in total. The molecule has 0 bridgehead atoms. The third-order valence-electron chi connectivity index (χ3n) is 14.6. The average molecular weight is 586 g/mol. The number of fused-ring (bicyclic) bond motifs is 9. The summed E-state index contributed by atoms with van der Waals surface area (Å²) in [5.74, 6) is 11.4. The van der Waals surface area contributed by atoms with E-state index in [4.69, 9.17) is 4.98 Å². The van der Waals surface area contributed by atoms with Crippen LogP contribution in [-0.2, 0) is 0 Å². The predicted octanol–water partition coefficient (Wildman–Crippen LogP) is 11.2. The molecule has 0 amide bonds. The van der Waals surface area contributed by atoms with Crippen LogP contribution in [0.1, 0.15) is 100 Å². The predicted molar refractivity (Wildman–Crippen MR) is 179 cm³/mol. The van der Waals surface area contributed by atoms with Crippen molar-refractivity contribution in [3.63, 3.8) is 0 Å². The van der Waals surface area contributed by atoms with Gasteiger partial charge in [-0.05, 0) is 147 Å². The Morgan fingerprint density at radius 2 is 1.19 bits per heavy atom. The highest BCUT2D eigenvalue weighted by Crippen LogP contribution is 2.70. The molecule has 2 heterocycles.